The van der Waals surface area contributed by atoms with E-state index in [1.54, 1.807) is 0 Å². The molecular formula is C16H22N2O4. The Morgan fingerprint density at radius 3 is 2.73 bits per heavy atom. The van der Waals surface area contributed by atoms with Crippen LogP contribution in [0.2, 0.25) is 0 Å². The van der Waals surface area contributed by atoms with E-state index in [9.17, 15) is 4.79 Å². The first-order valence-electron chi connectivity index (χ1n) is 7.63. The van der Waals surface area contributed by atoms with E-state index in [2.05, 4.69) is 10.2 Å². The van der Waals surface area contributed by atoms with E-state index >= 15 is 0 Å². The monoisotopic (exact) mass is 306 g/mol. The van der Waals surface area contributed by atoms with Crippen molar-refractivity contribution in [3.63, 3.8) is 0 Å². The minimum Gasteiger partial charge on any atom is -0.454 e. The third-order valence-corrected chi connectivity index (χ3v) is 3.79. The molecule has 3 rings (SSSR count). The summed E-state index contributed by atoms with van der Waals surface area (Å²) in [6.07, 6.45) is 0.343. The van der Waals surface area contributed by atoms with Crippen molar-refractivity contribution in [3.05, 3.63) is 23.8 Å². The van der Waals surface area contributed by atoms with Gasteiger partial charge in [0.15, 0.2) is 11.5 Å². The first kappa shape index (κ1) is 15.1. The van der Waals surface area contributed by atoms with Crippen LogP contribution in [0.15, 0.2) is 18.2 Å². The van der Waals surface area contributed by atoms with Crippen molar-refractivity contribution in [2.75, 3.05) is 26.4 Å². The summed E-state index contributed by atoms with van der Waals surface area (Å²) in [6, 6.07) is 5.71. The molecule has 2 aliphatic rings. The molecule has 0 radical (unpaired) electrons. The molecule has 6 nitrogen and oxygen atoms in total. The van der Waals surface area contributed by atoms with Crippen LogP contribution < -0.4 is 14.8 Å². The van der Waals surface area contributed by atoms with Gasteiger partial charge in [-0.05, 0) is 31.5 Å². The number of fused-ring (bicyclic) bond motifs is 1. The van der Waals surface area contributed by atoms with Crippen LogP contribution in [0.1, 0.15) is 19.4 Å². The molecule has 1 saturated heterocycles. The molecule has 22 heavy (non-hydrogen) atoms. The number of nitrogens with one attached hydrogen (secondary N) is 1. The quantitative estimate of drug-likeness (QED) is 0.904. The van der Waals surface area contributed by atoms with Crippen LogP contribution in [0.25, 0.3) is 0 Å². The van der Waals surface area contributed by atoms with Gasteiger partial charge in [-0.2, -0.15) is 0 Å². The molecule has 2 atom stereocenters. The number of hydrogen-bond acceptors (Lipinski definition) is 5. The first-order valence-corrected chi connectivity index (χ1v) is 7.63. The van der Waals surface area contributed by atoms with Crippen LogP contribution in [-0.2, 0) is 16.1 Å². The topological polar surface area (TPSA) is 60.0 Å². The second kappa shape index (κ2) is 6.54. The second-order valence-corrected chi connectivity index (χ2v) is 5.92. The minimum atomic E-state index is 0.0268. The highest BCUT2D eigenvalue weighted by Crippen LogP contribution is 2.32. The van der Waals surface area contributed by atoms with Crippen molar-refractivity contribution < 1.29 is 19.0 Å². The lowest BCUT2D eigenvalue weighted by Gasteiger charge is -2.34. The molecule has 0 bridgehead atoms. The fourth-order valence-electron chi connectivity index (χ4n) is 2.92. The van der Waals surface area contributed by atoms with Crippen LogP contribution in [0.5, 0.6) is 11.5 Å². The van der Waals surface area contributed by atoms with Crippen molar-refractivity contribution in [1.29, 1.82) is 0 Å². The highest BCUT2D eigenvalue weighted by molar-refractivity contribution is 5.78. The minimum absolute atomic E-state index is 0.0268. The van der Waals surface area contributed by atoms with E-state index in [1.807, 2.05) is 32.0 Å². The highest BCUT2D eigenvalue weighted by Gasteiger charge is 2.23. The number of hydrogen-bond donors (Lipinski definition) is 1. The second-order valence-electron chi connectivity index (χ2n) is 5.92. The molecule has 0 aliphatic carbocycles. The molecule has 0 aromatic heterocycles. The fourth-order valence-corrected chi connectivity index (χ4v) is 2.92. The van der Waals surface area contributed by atoms with Crippen molar-refractivity contribution in [1.82, 2.24) is 10.2 Å². The van der Waals surface area contributed by atoms with Gasteiger partial charge in [0.2, 0.25) is 12.7 Å². The van der Waals surface area contributed by atoms with E-state index < -0.39 is 0 Å². The Morgan fingerprint density at radius 1 is 1.23 bits per heavy atom. The number of carbonyl (C=O) groups is 1. The SMILES string of the molecule is C[C@@H]1CN(CC(=O)NCc2ccc3c(c2)OCO3)C[C@H](C)O1. The van der Waals surface area contributed by atoms with Gasteiger partial charge in [-0.1, -0.05) is 6.07 Å². The Hall–Kier alpha value is -1.79. The smallest absolute Gasteiger partial charge is 0.234 e. The Bertz CT molecular complexity index is 539. The largest absolute Gasteiger partial charge is 0.454 e. The van der Waals surface area contributed by atoms with Crippen molar-refractivity contribution in [3.8, 4) is 11.5 Å². The number of carbonyl (C=O) groups excluding carboxylic acids is 1. The number of rotatable bonds is 4. The molecule has 6 heteroatoms. The number of morpholine rings is 1. The van der Waals surface area contributed by atoms with Crippen LogP contribution in [0.4, 0.5) is 0 Å². The number of amides is 1. The molecule has 1 fully saturated rings. The molecule has 0 spiro atoms. The predicted molar refractivity (Wildman–Crippen MR) is 80.9 cm³/mol. The van der Waals surface area contributed by atoms with Gasteiger partial charge in [-0.25, -0.2) is 0 Å². The predicted octanol–water partition coefficient (Wildman–Crippen LogP) is 1.14. The number of benzene rings is 1. The lowest BCUT2D eigenvalue weighted by atomic mass is 10.2. The van der Waals surface area contributed by atoms with E-state index in [0.29, 0.717) is 13.1 Å². The van der Waals surface area contributed by atoms with E-state index in [-0.39, 0.29) is 24.9 Å². The standard InChI is InChI=1S/C16H22N2O4/c1-11-7-18(8-12(2)22-11)9-16(19)17-6-13-3-4-14-15(5-13)21-10-20-14/h3-5,11-12H,6-10H2,1-2H3,(H,17,19)/t11-,12+. The summed E-state index contributed by atoms with van der Waals surface area (Å²) in [4.78, 5) is 14.2. The van der Waals surface area contributed by atoms with Crippen LogP contribution in [0, 0.1) is 0 Å². The van der Waals surface area contributed by atoms with Gasteiger partial charge < -0.3 is 19.5 Å². The summed E-state index contributed by atoms with van der Waals surface area (Å²) in [5.74, 6) is 1.52. The average Bonchev–Trinajstić information content (AvgIpc) is 2.91. The zero-order valence-electron chi connectivity index (χ0n) is 13.0. The molecule has 120 valence electrons. The number of ether oxygens (including phenoxy) is 3. The average molecular weight is 306 g/mol. The highest BCUT2D eigenvalue weighted by atomic mass is 16.7. The Balaban J connectivity index is 1.48. The van der Waals surface area contributed by atoms with Gasteiger partial charge in [0.05, 0.1) is 18.8 Å². The summed E-state index contributed by atoms with van der Waals surface area (Å²) in [5, 5.41) is 2.95. The maximum Gasteiger partial charge on any atom is 0.234 e. The Morgan fingerprint density at radius 2 is 1.95 bits per heavy atom. The lowest BCUT2D eigenvalue weighted by Crippen LogP contribution is -2.49. The maximum atomic E-state index is 12.1. The molecule has 1 N–H and O–H groups in total. The van der Waals surface area contributed by atoms with Gasteiger partial charge in [0.25, 0.3) is 0 Å². The summed E-state index contributed by atoms with van der Waals surface area (Å²) in [6.45, 7) is 6.82. The Kier molecular flexibility index (Phi) is 4.49. The molecular weight excluding hydrogens is 284 g/mol. The van der Waals surface area contributed by atoms with E-state index in [0.717, 1.165) is 30.2 Å². The van der Waals surface area contributed by atoms with Crippen LogP contribution in [0.3, 0.4) is 0 Å². The van der Waals surface area contributed by atoms with Gasteiger partial charge >= 0.3 is 0 Å². The summed E-state index contributed by atoms with van der Waals surface area (Å²) in [7, 11) is 0. The molecule has 1 amide bonds. The summed E-state index contributed by atoms with van der Waals surface area (Å²) < 4.78 is 16.3. The van der Waals surface area contributed by atoms with E-state index in [4.69, 9.17) is 14.2 Å². The van der Waals surface area contributed by atoms with Gasteiger partial charge in [0, 0.05) is 19.6 Å². The lowest BCUT2D eigenvalue weighted by molar-refractivity contribution is -0.126. The number of nitrogens with zero attached hydrogens (tertiary/aromatic N) is 1. The first-order chi connectivity index (χ1) is 10.6. The Labute approximate surface area is 130 Å². The third-order valence-electron chi connectivity index (χ3n) is 3.79. The molecule has 1 aromatic rings. The molecule has 0 unspecified atom stereocenters. The zero-order valence-corrected chi connectivity index (χ0v) is 13.0. The van der Waals surface area contributed by atoms with Crippen LogP contribution >= 0.6 is 0 Å². The van der Waals surface area contributed by atoms with Crippen molar-refractivity contribution >= 4 is 5.91 Å². The van der Waals surface area contributed by atoms with Gasteiger partial charge in [-0.3, -0.25) is 9.69 Å². The molecule has 1 aromatic carbocycles. The van der Waals surface area contributed by atoms with Crippen molar-refractivity contribution in [2.24, 2.45) is 0 Å². The van der Waals surface area contributed by atoms with E-state index in [1.165, 1.54) is 0 Å². The normalized spacial score (nSPS) is 24.3. The summed E-state index contributed by atoms with van der Waals surface area (Å²) in [5.41, 5.74) is 1.00. The zero-order chi connectivity index (χ0) is 15.5. The fraction of sp³-hybridized carbons (Fsp3) is 0.562. The molecule has 0 saturated carbocycles. The van der Waals surface area contributed by atoms with Gasteiger partial charge in [0.1, 0.15) is 0 Å². The molecule has 2 aliphatic heterocycles. The maximum absolute atomic E-state index is 12.1. The molecule has 2 heterocycles. The van der Waals surface area contributed by atoms with Crippen LogP contribution in [-0.4, -0.2) is 49.4 Å². The third kappa shape index (κ3) is 3.69. The van der Waals surface area contributed by atoms with Gasteiger partial charge in [-0.15, -0.1) is 0 Å². The van der Waals surface area contributed by atoms with Crippen molar-refractivity contribution in [2.45, 2.75) is 32.6 Å². The summed E-state index contributed by atoms with van der Waals surface area (Å²) >= 11 is 0.